The van der Waals surface area contributed by atoms with Crippen LogP contribution in [-0.2, 0) is 0 Å². The van der Waals surface area contributed by atoms with Crippen molar-refractivity contribution in [2.45, 2.75) is 46.1 Å². The van der Waals surface area contributed by atoms with Crippen LogP contribution in [0.1, 0.15) is 38.9 Å². The molecule has 1 aromatic heterocycles. The largest absolute Gasteiger partial charge is 0.393 e. The number of anilines is 2. The molecule has 0 saturated carbocycles. The number of nitrogens with zero attached hydrogens (tertiary/aromatic N) is 2. The molecule has 5 nitrogen and oxygen atoms in total. The Kier molecular flexibility index (Phi) is 6.43. The summed E-state index contributed by atoms with van der Waals surface area (Å²) in [7, 11) is 0. The SMILES string of the molecule is CCCNc1cc(NCCC(O)CC)nc(C)n1. The molecule has 102 valence electrons. The third-order valence-corrected chi connectivity index (χ3v) is 2.65. The summed E-state index contributed by atoms with van der Waals surface area (Å²) in [5, 5.41) is 15.9. The van der Waals surface area contributed by atoms with Gasteiger partial charge in [0.2, 0.25) is 0 Å². The Morgan fingerprint density at radius 1 is 1.17 bits per heavy atom. The summed E-state index contributed by atoms with van der Waals surface area (Å²) >= 11 is 0. The van der Waals surface area contributed by atoms with Crippen LogP contribution in [0.3, 0.4) is 0 Å². The van der Waals surface area contributed by atoms with Crippen LogP contribution in [0.15, 0.2) is 6.07 Å². The molecular weight excluding hydrogens is 228 g/mol. The molecule has 0 aliphatic heterocycles. The van der Waals surface area contributed by atoms with Gasteiger partial charge in [0.1, 0.15) is 17.5 Å². The highest BCUT2D eigenvalue weighted by Crippen LogP contribution is 2.11. The van der Waals surface area contributed by atoms with E-state index in [0.29, 0.717) is 0 Å². The average molecular weight is 252 g/mol. The quantitative estimate of drug-likeness (QED) is 0.661. The molecule has 1 rings (SSSR count). The van der Waals surface area contributed by atoms with Crippen LogP contribution in [0.2, 0.25) is 0 Å². The molecule has 0 aromatic carbocycles. The van der Waals surface area contributed by atoms with Gasteiger partial charge in [0.15, 0.2) is 0 Å². The summed E-state index contributed by atoms with van der Waals surface area (Å²) in [6, 6.07) is 1.90. The van der Waals surface area contributed by atoms with Crippen molar-refractivity contribution in [2.24, 2.45) is 0 Å². The second kappa shape index (κ2) is 7.87. The van der Waals surface area contributed by atoms with Gasteiger partial charge in [-0.15, -0.1) is 0 Å². The molecule has 0 saturated heterocycles. The molecule has 18 heavy (non-hydrogen) atoms. The third kappa shape index (κ3) is 5.31. The predicted octanol–water partition coefficient (Wildman–Crippen LogP) is 2.18. The van der Waals surface area contributed by atoms with Gasteiger partial charge < -0.3 is 15.7 Å². The number of hydrogen-bond acceptors (Lipinski definition) is 5. The zero-order chi connectivity index (χ0) is 13.4. The number of aromatic nitrogens is 2. The van der Waals surface area contributed by atoms with E-state index >= 15 is 0 Å². The Balaban J connectivity index is 2.51. The fourth-order valence-electron chi connectivity index (χ4n) is 1.57. The molecule has 0 fully saturated rings. The topological polar surface area (TPSA) is 70.1 Å². The molecule has 0 aliphatic carbocycles. The minimum Gasteiger partial charge on any atom is -0.393 e. The maximum absolute atomic E-state index is 9.48. The lowest BCUT2D eigenvalue weighted by molar-refractivity contribution is 0.164. The van der Waals surface area contributed by atoms with Crippen molar-refractivity contribution >= 4 is 11.6 Å². The van der Waals surface area contributed by atoms with E-state index in [2.05, 4.69) is 27.5 Å². The lowest BCUT2D eigenvalue weighted by Crippen LogP contribution is -2.13. The van der Waals surface area contributed by atoms with Gasteiger partial charge in [-0.3, -0.25) is 0 Å². The van der Waals surface area contributed by atoms with Gasteiger partial charge in [-0.25, -0.2) is 9.97 Å². The zero-order valence-corrected chi connectivity index (χ0v) is 11.5. The highest BCUT2D eigenvalue weighted by Gasteiger charge is 2.03. The molecule has 1 unspecified atom stereocenters. The molecule has 0 amide bonds. The van der Waals surface area contributed by atoms with Crippen molar-refractivity contribution in [3.63, 3.8) is 0 Å². The number of aryl methyl sites for hydroxylation is 1. The van der Waals surface area contributed by atoms with Crippen LogP contribution in [0.4, 0.5) is 11.6 Å². The fraction of sp³-hybridized carbons (Fsp3) is 0.692. The van der Waals surface area contributed by atoms with Gasteiger partial charge in [0.25, 0.3) is 0 Å². The molecule has 0 spiro atoms. The molecule has 0 radical (unpaired) electrons. The van der Waals surface area contributed by atoms with Crippen LogP contribution in [0.5, 0.6) is 0 Å². The number of hydrogen-bond donors (Lipinski definition) is 3. The first-order valence-corrected chi connectivity index (χ1v) is 6.67. The first-order valence-electron chi connectivity index (χ1n) is 6.67. The van der Waals surface area contributed by atoms with Crippen molar-refractivity contribution in [2.75, 3.05) is 23.7 Å². The molecule has 1 aromatic rings. The average Bonchev–Trinajstić information content (AvgIpc) is 2.35. The Labute approximate surface area is 109 Å². The summed E-state index contributed by atoms with van der Waals surface area (Å²) in [4.78, 5) is 8.64. The van der Waals surface area contributed by atoms with E-state index in [4.69, 9.17) is 0 Å². The van der Waals surface area contributed by atoms with Gasteiger partial charge in [-0.05, 0) is 26.2 Å². The Morgan fingerprint density at radius 2 is 1.78 bits per heavy atom. The Bertz CT molecular complexity index is 357. The van der Waals surface area contributed by atoms with Gasteiger partial charge >= 0.3 is 0 Å². The van der Waals surface area contributed by atoms with Crippen LogP contribution < -0.4 is 10.6 Å². The smallest absolute Gasteiger partial charge is 0.131 e. The molecule has 1 heterocycles. The highest BCUT2D eigenvalue weighted by atomic mass is 16.3. The summed E-state index contributed by atoms with van der Waals surface area (Å²) in [5.74, 6) is 2.40. The number of aliphatic hydroxyl groups is 1. The molecule has 3 N–H and O–H groups in total. The molecule has 1 atom stereocenters. The first kappa shape index (κ1) is 14.7. The van der Waals surface area contributed by atoms with Crippen molar-refractivity contribution < 1.29 is 5.11 Å². The van der Waals surface area contributed by atoms with Crippen molar-refractivity contribution in [3.05, 3.63) is 11.9 Å². The van der Waals surface area contributed by atoms with Gasteiger partial charge in [-0.2, -0.15) is 0 Å². The number of nitrogens with one attached hydrogen (secondary N) is 2. The molecule has 0 bridgehead atoms. The van der Waals surface area contributed by atoms with Gasteiger partial charge in [-0.1, -0.05) is 13.8 Å². The third-order valence-electron chi connectivity index (χ3n) is 2.65. The predicted molar refractivity (Wildman–Crippen MR) is 75.0 cm³/mol. The van der Waals surface area contributed by atoms with Gasteiger partial charge in [0.05, 0.1) is 6.10 Å². The van der Waals surface area contributed by atoms with E-state index in [1.54, 1.807) is 0 Å². The number of aliphatic hydroxyl groups excluding tert-OH is 1. The summed E-state index contributed by atoms with van der Waals surface area (Å²) < 4.78 is 0. The van der Waals surface area contributed by atoms with Crippen LogP contribution >= 0.6 is 0 Å². The van der Waals surface area contributed by atoms with E-state index in [1.807, 2.05) is 19.9 Å². The lowest BCUT2D eigenvalue weighted by Gasteiger charge is -2.11. The Hall–Kier alpha value is -1.36. The minimum atomic E-state index is -0.238. The van der Waals surface area contributed by atoms with Crippen LogP contribution in [0, 0.1) is 6.92 Å². The summed E-state index contributed by atoms with van der Waals surface area (Å²) in [6.07, 6.45) is 2.35. The minimum absolute atomic E-state index is 0.238. The van der Waals surface area contributed by atoms with Crippen molar-refractivity contribution in [1.82, 2.24) is 9.97 Å². The highest BCUT2D eigenvalue weighted by molar-refractivity contribution is 5.47. The van der Waals surface area contributed by atoms with E-state index < -0.39 is 0 Å². The normalized spacial score (nSPS) is 12.2. The van der Waals surface area contributed by atoms with E-state index in [-0.39, 0.29) is 6.10 Å². The maximum atomic E-state index is 9.48. The second-order valence-corrected chi connectivity index (χ2v) is 4.39. The monoisotopic (exact) mass is 252 g/mol. The van der Waals surface area contributed by atoms with Gasteiger partial charge in [0, 0.05) is 19.2 Å². The zero-order valence-electron chi connectivity index (χ0n) is 11.5. The lowest BCUT2D eigenvalue weighted by atomic mass is 10.2. The second-order valence-electron chi connectivity index (χ2n) is 4.39. The van der Waals surface area contributed by atoms with E-state index in [1.165, 1.54) is 0 Å². The standard InChI is InChI=1S/C13H24N4O/c1-4-7-14-12-9-13(17-10(3)16-12)15-8-6-11(18)5-2/h9,11,18H,4-8H2,1-3H3,(H2,14,15,16,17). The van der Waals surface area contributed by atoms with Crippen molar-refractivity contribution in [3.8, 4) is 0 Å². The number of rotatable bonds is 8. The fourth-order valence-corrected chi connectivity index (χ4v) is 1.57. The molecular formula is C13H24N4O. The van der Waals surface area contributed by atoms with Crippen LogP contribution in [0.25, 0.3) is 0 Å². The maximum Gasteiger partial charge on any atom is 0.131 e. The van der Waals surface area contributed by atoms with Crippen LogP contribution in [-0.4, -0.2) is 34.3 Å². The molecule has 0 aliphatic rings. The van der Waals surface area contributed by atoms with Crippen molar-refractivity contribution in [1.29, 1.82) is 0 Å². The first-order chi connectivity index (χ1) is 8.65. The van der Waals surface area contributed by atoms with E-state index in [0.717, 1.165) is 49.8 Å². The Morgan fingerprint density at radius 3 is 2.33 bits per heavy atom. The summed E-state index contributed by atoms with van der Waals surface area (Å²) in [6.45, 7) is 7.60. The summed E-state index contributed by atoms with van der Waals surface area (Å²) in [5.41, 5.74) is 0. The van der Waals surface area contributed by atoms with E-state index in [9.17, 15) is 5.11 Å². The molecule has 5 heteroatoms.